The predicted octanol–water partition coefficient (Wildman–Crippen LogP) is 5.93. The van der Waals surface area contributed by atoms with E-state index in [0.29, 0.717) is 0 Å². The summed E-state index contributed by atoms with van der Waals surface area (Å²) in [5, 5.41) is 15.5. The van der Waals surface area contributed by atoms with Crippen molar-refractivity contribution in [3.8, 4) is 28.1 Å². The minimum atomic E-state index is 0.254. The molecule has 25 heavy (non-hydrogen) atoms. The van der Waals surface area contributed by atoms with Crippen LogP contribution in [0.4, 0.5) is 10.8 Å². The Balaban J connectivity index is 1.52. The number of rotatable bonds is 4. The molecular weight excluding hydrogens is 328 g/mol. The van der Waals surface area contributed by atoms with Gasteiger partial charge in [0.25, 0.3) is 0 Å². The molecule has 0 unspecified atom stereocenters. The first-order valence-electron chi connectivity index (χ1n) is 7.95. The molecule has 3 nitrogen and oxygen atoms in total. The zero-order valence-corrected chi connectivity index (χ0v) is 14.2. The first kappa shape index (κ1) is 15.4. The molecule has 122 valence electrons. The normalized spacial score (nSPS) is 10.6. The number of hydrogen-bond acceptors (Lipinski definition) is 4. The fourth-order valence-electron chi connectivity index (χ4n) is 2.60. The average molecular weight is 344 g/mol. The van der Waals surface area contributed by atoms with Gasteiger partial charge in [-0.1, -0.05) is 54.6 Å². The lowest BCUT2D eigenvalue weighted by molar-refractivity contribution is 0.475. The summed E-state index contributed by atoms with van der Waals surface area (Å²) >= 11 is 1.56. The highest BCUT2D eigenvalue weighted by atomic mass is 32.1. The van der Waals surface area contributed by atoms with Crippen LogP contribution in [-0.2, 0) is 0 Å². The predicted molar refractivity (Wildman–Crippen MR) is 104 cm³/mol. The van der Waals surface area contributed by atoms with Gasteiger partial charge in [0.1, 0.15) is 5.75 Å². The average Bonchev–Trinajstić information content (AvgIpc) is 3.13. The minimum Gasteiger partial charge on any atom is -0.508 e. The van der Waals surface area contributed by atoms with Crippen LogP contribution in [0, 0.1) is 0 Å². The first-order chi connectivity index (χ1) is 12.3. The zero-order valence-electron chi connectivity index (χ0n) is 13.4. The number of benzene rings is 3. The number of thiazole rings is 1. The van der Waals surface area contributed by atoms with Crippen LogP contribution in [-0.4, -0.2) is 10.1 Å². The molecular formula is C21H16N2OS. The van der Waals surface area contributed by atoms with Crippen molar-refractivity contribution >= 4 is 22.2 Å². The molecule has 0 aliphatic heterocycles. The molecule has 0 bridgehead atoms. The molecule has 0 fully saturated rings. The van der Waals surface area contributed by atoms with Crippen molar-refractivity contribution in [3.05, 3.63) is 84.2 Å². The van der Waals surface area contributed by atoms with Crippen LogP contribution in [0.15, 0.2) is 84.2 Å². The van der Waals surface area contributed by atoms with Crippen molar-refractivity contribution in [2.45, 2.75) is 0 Å². The van der Waals surface area contributed by atoms with Gasteiger partial charge in [0.15, 0.2) is 5.13 Å². The summed E-state index contributed by atoms with van der Waals surface area (Å²) in [6, 6.07) is 25.7. The van der Waals surface area contributed by atoms with E-state index in [1.165, 1.54) is 11.1 Å². The number of phenols is 1. The summed E-state index contributed by atoms with van der Waals surface area (Å²) in [5.41, 5.74) is 5.35. The molecule has 0 aliphatic rings. The molecule has 4 aromatic rings. The van der Waals surface area contributed by atoms with Crippen molar-refractivity contribution in [2.75, 3.05) is 5.32 Å². The second kappa shape index (κ2) is 6.79. The largest absolute Gasteiger partial charge is 0.508 e. The molecule has 0 radical (unpaired) electrons. The Morgan fingerprint density at radius 2 is 1.36 bits per heavy atom. The Hall–Kier alpha value is -3.11. The molecule has 1 aromatic heterocycles. The number of nitrogens with zero attached hydrogens (tertiary/aromatic N) is 1. The minimum absolute atomic E-state index is 0.254. The van der Waals surface area contributed by atoms with Crippen LogP contribution in [0.5, 0.6) is 5.75 Å². The van der Waals surface area contributed by atoms with Crippen molar-refractivity contribution in [1.29, 1.82) is 0 Å². The monoisotopic (exact) mass is 344 g/mol. The maximum Gasteiger partial charge on any atom is 0.187 e. The Kier molecular flexibility index (Phi) is 4.19. The summed E-state index contributed by atoms with van der Waals surface area (Å²) in [7, 11) is 0. The number of aromatic nitrogens is 1. The lowest BCUT2D eigenvalue weighted by Gasteiger charge is -2.03. The Morgan fingerprint density at radius 1 is 0.720 bits per heavy atom. The molecule has 0 atom stereocenters. The van der Waals surface area contributed by atoms with E-state index in [9.17, 15) is 5.11 Å². The van der Waals surface area contributed by atoms with Gasteiger partial charge in [0.2, 0.25) is 0 Å². The molecule has 2 N–H and O–H groups in total. The third-order valence-corrected chi connectivity index (χ3v) is 4.67. The number of phenolic OH excluding ortho intramolecular Hbond substituents is 1. The smallest absolute Gasteiger partial charge is 0.187 e. The third-order valence-electron chi connectivity index (χ3n) is 3.91. The van der Waals surface area contributed by atoms with Gasteiger partial charge in [0.05, 0.1) is 5.69 Å². The summed E-state index contributed by atoms with van der Waals surface area (Å²) in [6.07, 6.45) is 0. The molecule has 0 saturated heterocycles. The van der Waals surface area contributed by atoms with E-state index in [1.807, 2.05) is 35.7 Å². The summed E-state index contributed by atoms with van der Waals surface area (Å²) in [5.74, 6) is 0.254. The fourth-order valence-corrected chi connectivity index (χ4v) is 3.34. The van der Waals surface area contributed by atoms with E-state index in [1.54, 1.807) is 23.5 Å². The molecule has 1 heterocycles. The molecule has 4 rings (SSSR count). The molecule has 0 spiro atoms. The Bertz CT molecular complexity index is 961. The number of aromatic hydroxyl groups is 1. The standard InChI is InChI=1S/C21H16N2OS/c24-19-12-10-18(11-13-19)22-21-23-20(14-25-21)17-8-6-16(7-9-17)15-4-2-1-3-5-15/h1-14,24H,(H,22,23). The molecule has 0 amide bonds. The van der Waals surface area contributed by atoms with Crippen LogP contribution in [0.1, 0.15) is 0 Å². The van der Waals surface area contributed by atoms with Gasteiger partial charge in [-0.25, -0.2) is 4.98 Å². The van der Waals surface area contributed by atoms with Crippen molar-refractivity contribution in [2.24, 2.45) is 0 Å². The van der Waals surface area contributed by atoms with Gasteiger partial charge in [-0.2, -0.15) is 0 Å². The second-order valence-corrected chi connectivity index (χ2v) is 6.51. The van der Waals surface area contributed by atoms with Crippen LogP contribution in [0.25, 0.3) is 22.4 Å². The van der Waals surface area contributed by atoms with E-state index in [0.717, 1.165) is 22.1 Å². The van der Waals surface area contributed by atoms with Crippen molar-refractivity contribution < 1.29 is 5.11 Å². The number of nitrogens with one attached hydrogen (secondary N) is 1. The van der Waals surface area contributed by atoms with E-state index in [4.69, 9.17) is 0 Å². The second-order valence-electron chi connectivity index (χ2n) is 5.65. The van der Waals surface area contributed by atoms with Crippen LogP contribution < -0.4 is 5.32 Å². The highest BCUT2D eigenvalue weighted by Gasteiger charge is 2.06. The highest BCUT2D eigenvalue weighted by Crippen LogP contribution is 2.29. The number of anilines is 2. The van der Waals surface area contributed by atoms with Crippen LogP contribution in [0.3, 0.4) is 0 Å². The molecule has 0 aliphatic carbocycles. The molecule has 0 saturated carbocycles. The van der Waals surface area contributed by atoms with Gasteiger partial charge in [-0.05, 0) is 35.4 Å². The lowest BCUT2D eigenvalue weighted by Crippen LogP contribution is -1.89. The van der Waals surface area contributed by atoms with Crippen molar-refractivity contribution in [1.82, 2.24) is 4.98 Å². The summed E-state index contributed by atoms with van der Waals surface area (Å²) in [6.45, 7) is 0. The fraction of sp³-hybridized carbons (Fsp3) is 0. The number of hydrogen-bond donors (Lipinski definition) is 2. The van der Waals surface area contributed by atoms with Gasteiger partial charge in [-0.15, -0.1) is 11.3 Å². The van der Waals surface area contributed by atoms with Gasteiger partial charge in [0, 0.05) is 16.6 Å². The van der Waals surface area contributed by atoms with E-state index >= 15 is 0 Å². The summed E-state index contributed by atoms with van der Waals surface area (Å²) < 4.78 is 0. The Morgan fingerprint density at radius 3 is 2.08 bits per heavy atom. The third kappa shape index (κ3) is 3.54. The van der Waals surface area contributed by atoms with E-state index in [-0.39, 0.29) is 5.75 Å². The van der Waals surface area contributed by atoms with E-state index < -0.39 is 0 Å². The maximum absolute atomic E-state index is 9.34. The lowest BCUT2D eigenvalue weighted by atomic mass is 10.0. The summed E-state index contributed by atoms with van der Waals surface area (Å²) in [4.78, 5) is 4.65. The highest BCUT2D eigenvalue weighted by molar-refractivity contribution is 7.14. The molecule has 4 heteroatoms. The quantitative estimate of drug-likeness (QED) is 0.451. The van der Waals surface area contributed by atoms with Crippen LogP contribution >= 0.6 is 11.3 Å². The van der Waals surface area contributed by atoms with E-state index in [2.05, 4.69) is 46.7 Å². The Labute approximate surface area is 150 Å². The topological polar surface area (TPSA) is 45.1 Å². The first-order valence-corrected chi connectivity index (χ1v) is 8.83. The van der Waals surface area contributed by atoms with Crippen molar-refractivity contribution in [3.63, 3.8) is 0 Å². The SMILES string of the molecule is Oc1ccc(Nc2nc(-c3ccc(-c4ccccc4)cc3)cs2)cc1. The zero-order chi connectivity index (χ0) is 17.1. The van der Waals surface area contributed by atoms with Gasteiger partial charge < -0.3 is 10.4 Å². The van der Waals surface area contributed by atoms with Gasteiger partial charge >= 0.3 is 0 Å². The van der Waals surface area contributed by atoms with Crippen LogP contribution in [0.2, 0.25) is 0 Å². The maximum atomic E-state index is 9.34. The molecule has 3 aromatic carbocycles. The van der Waals surface area contributed by atoms with Gasteiger partial charge in [-0.3, -0.25) is 0 Å².